The maximum Gasteiger partial charge on any atom is 0.261 e. The lowest BCUT2D eigenvalue weighted by molar-refractivity contribution is 0.0989. The molecule has 1 amide bonds. The van der Waals surface area contributed by atoms with Gasteiger partial charge in [0.1, 0.15) is 0 Å². The topological polar surface area (TPSA) is 45.2 Å². The predicted octanol–water partition coefficient (Wildman–Crippen LogP) is 3.10. The highest BCUT2D eigenvalue weighted by molar-refractivity contribution is 6.06. The Morgan fingerprint density at radius 1 is 1.29 bits per heavy atom. The number of rotatable bonds is 4. The molecule has 0 aliphatic carbocycles. The van der Waals surface area contributed by atoms with Crippen molar-refractivity contribution in [1.29, 1.82) is 0 Å². The van der Waals surface area contributed by atoms with Crippen LogP contribution in [0.15, 0.2) is 36.5 Å². The quantitative estimate of drug-likeness (QED) is 0.940. The summed E-state index contributed by atoms with van der Waals surface area (Å²) in [5.74, 6) is -0.978. The Bertz CT molecular complexity index is 640. The van der Waals surface area contributed by atoms with Gasteiger partial charge in [-0.3, -0.25) is 4.79 Å². The van der Waals surface area contributed by atoms with Gasteiger partial charge < -0.3 is 10.2 Å². The first-order chi connectivity index (χ1) is 10.1. The molecular formula is C16H18FN3O. The Hall–Kier alpha value is -2.43. The summed E-state index contributed by atoms with van der Waals surface area (Å²) in [4.78, 5) is 17.7. The van der Waals surface area contributed by atoms with Gasteiger partial charge in [0.25, 0.3) is 5.91 Å². The van der Waals surface area contributed by atoms with Gasteiger partial charge in [0.05, 0.1) is 5.56 Å². The average molecular weight is 287 g/mol. The lowest BCUT2D eigenvalue weighted by Gasteiger charge is -2.18. The van der Waals surface area contributed by atoms with Gasteiger partial charge >= 0.3 is 0 Å². The van der Waals surface area contributed by atoms with Crippen LogP contribution in [-0.2, 0) is 6.42 Å². The normalized spacial score (nSPS) is 10.3. The number of anilines is 2. The van der Waals surface area contributed by atoms with E-state index < -0.39 is 11.7 Å². The largest absolute Gasteiger partial charge is 0.371 e. The van der Waals surface area contributed by atoms with E-state index in [1.807, 2.05) is 24.3 Å². The van der Waals surface area contributed by atoms with Gasteiger partial charge in [0.2, 0.25) is 0 Å². The molecule has 0 fully saturated rings. The molecule has 1 aromatic heterocycles. The van der Waals surface area contributed by atoms with Gasteiger partial charge in [0.15, 0.2) is 11.6 Å². The summed E-state index contributed by atoms with van der Waals surface area (Å²) >= 11 is 0. The van der Waals surface area contributed by atoms with Crippen molar-refractivity contribution in [1.82, 2.24) is 4.98 Å². The van der Waals surface area contributed by atoms with Crippen molar-refractivity contribution in [2.24, 2.45) is 0 Å². The van der Waals surface area contributed by atoms with E-state index in [0.717, 1.165) is 12.1 Å². The summed E-state index contributed by atoms with van der Waals surface area (Å²) in [6.45, 7) is 2.06. The minimum absolute atomic E-state index is 0.00332. The fraction of sp³-hybridized carbons (Fsp3) is 0.250. The highest BCUT2D eigenvalue weighted by Crippen LogP contribution is 2.20. The summed E-state index contributed by atoms with van der Waals surface area (Å²) in [7, 11) is 3.19. The van der Waals surface area contributed by atoms with Crippen molar-refractivity contribution in [3.63, 3.8) is 0 Å². The molecule has 110 valence electrons. The fourth-order valence-electron chi connectivity index (χ4n) is 2.04. The van der Waals surface area contributed by atoms with Crippen LogP contribution < -0.4 is 10.2 Å². The van der Waals surface area contributed by atoms with Crippen LogP contribution in [0.1, 0.15) is 22.8 Å². The summed E-state index contributed by atoms with van der Waals surface area (Å²) in [5.41, 5.74) is 1.91. The molecule has 0 radical (unpaired) electrons. The smallest absolute Gasteiger partial charge is 0.261 e. The first-order valence-electron chi connectivity index (χ1n) is 6.77. The number of nitrogens with one attached hydrogen (secondary N) is 1. The van der Waals surface area contributed by atoms with Crippen molar-refractivity contribution >= 4 is 17.4 Å². The second-order valence-corrected chi connectivity index (χ2v) is 4.66. The average Bonchev–Trinajstić information content (AvgIpc) is 2.54. The highest BCUT2D eigenvalue weighted by atomic mass is 19.1. The molecule has 5 heteroatoms. The second kappa shape index (κ2) is 6.35. The first-order valence-corrected chi connectivity index (χ1v) is 6.77. The van der Waals surface area contributed by atoms with Gasteiger partial charge in [-0.1, -0.05) is 19.1 Å². The van der Waals surface area contributed by atoms with E-state index >= 15 is 0 Å². The number of pyridine rings is 1. The van der Waals surface area contributed by atoms with E-state index in [-0.39, 0.29) is 11.4 Å². The zero-order chi connectivity index (χ0) is 15.4. The number of carbonyl (C=O) groups is 1. The van der Waals surface area contributed by atoms with Crippen molar-refractivity contribution in [3.05, 3.63) is 53.5 Å². The van der Waals surface area contributed by atoms with E-state index in [4.69, 9.17) is 0 Å². The van der Waals surface area contributed by atoms with Crippen LogP contribution in [0.3, 0.4) is 0 Å². The summed E-state index contributed by atoms with van der Waals surface area (Å²) in [6.07, 6.45) is 2.35. The number of nitrogens with zero attached hydrogens (tertiary/aromatic N) is 2. The molecule has 21 heavy (non-hydrogen) atoms. The SMILES string of the molecule is CCc1ccc(N(C)C(=O)c2ccnc(NC)c2F)cc1. The van der Waals surface area contributed by atoms with Crippen LogP contribution in [0.4, 0.5) is 15.9 Å². The lowest BCUT2D eigenvalue weighted by atomic mass is 10.1. The maximum absolute atomic E-state index is 14.1. The number of amides is 1. The molecule has 0 saturated heterocycles. The molecule has 0 unspecified atom stereocenters. The molecule has 0 atom stereocenters. The van der Waals surface area contributed by atoms with Gasteiger partial charge in [-0.15, -0.1) is 0 Å². The number of benzene rings is 1. The molecule has 4 nitrogen and oxygen atoms in total. The number of aromatic nitrogens is 1. The van der Waals surface area contributed by atoms with Crippen LogP contribution in [0, 0.1) is 5.82 Å². The van der Waals surface area contributed by atoms with E-state index in [2.05, 4.69) is 17.2 Å². The molecule has 2 rings (SSSR count). The van der Waals surface area contributed by atoms with Gasteiger partial charge in [-0.05, 0) is 30.2 Å². The Morgan fingerprint density at radius 2 is 1.95 bits per heavy atom. The van der Waals surface area contributed by atoms with Crippen LogP contribution >= 0.6 is 0 Å². The molecule has 0 aliphatic rings. The van der Waals surface area contributed by atoms with Crippen LogP contribution in [0.25, 0.3) is 0 Å². The van der Waals surface area contributed by atoms with Gasteiger partial charge in [0, 0.05) is 26.0 Å². The van der Waals surface area contributed by atoms with E-state index in [0.29, 0.717) is 0 Å². The van der Waals surface area contributed by atoms with Crippen molar-refractivity contribution < 1.29 is 9.18 Å². The Labute approximate surface area is 123 Å². The number of carbonyl (C=O) groups excluding carboxylic acids is 1. The minimum Gasteiger partial charge on any atom is -0.371 e. The molecule has 1 N–H and O–H groups in total. The molecule has 0 bridgehead atoms. The highest BCUT2D eigenvalue weighted by Gasteiger charge is 2.19. The number of aryl methyl sites for hydroxylation is 1. The third-order valence-corrected chi connectivity index (χ3v) is 3.39. The molecule has 0 saturated carbocycles. The third-order valence-electron chi connectivity index (χ3n) is 3.39. The number of hydrogen-bond acceptors (Lipinski definition) is 3. The molecular weight excluding hydrogens is 269 g/mol. The third kappa shape index (κ3) is 3.02. The predicted molar refractivity (Wildman–Crippen MR) is 82.3 cm³/mol. The lowest BCUT2D eigenvalue weighted by Crippen LogP contribution is -2.27. The summed E-state index contributed by atoms with van der Waals surface area (Å²) in [6, 6.07) is 9.02. The number of halogens is 1. The van der Waals surface area contributed by atoms with Gasteiger partial charge in [-0.25, -0.2) is 9.37 Å². The maximum atomic E-state index is 14.1. The monoisotopic (exact) mass is 287 g/mol. The van der Waals surface area contributed by atoms with Crippen molar-refractivity contribution in [2.45, 2.75) is 13.3 Å². The number of hydrogen-bond donors (Lipinski definition) is 1. The second-order valence-electron chi connectivity index (χ2n) is 4.66. The molecule has 1 heterocycles. The molecule has 0 aliphatic heterocycles. The Morgan fingerprint density at radius 3 is 2.52 bits per heavy atom. The van der Waals surface area contributed by atoms with E-state index in [1.54, 1.807) is 14.1 Å². The van der Waals surface area contributed by atoms with E-state index in [9.17, 15) is 9.18 Å². The van der Waals surface area contributed by atoms with E-state index in [1.165, 1.54) is 22.7 Å². The molecule has 1 aromatic carbocycles. The first kappa shape index (κ1) is 15.0. The zero-order valence-electron chi connectivity index (χ0n) is 12.4. The van der Waals surface area contributed by atoms with Crippen LogP contribution in [0.2, 0.25) is 0 Å². The molecule has 0 spiro atoms. The van der Waals surface area contributed by atoms with Crippen molar-refractivity contribution in [2.75, 3.05) is 24.3 Å². The fourth-order valence-corrected chi connectivity index (χ4v) is 2.04. The standard InChI is InChI=1S/C16H18FN3O/c1-4-11-5-7-12(8-6-11)20(3)16(21)13-9-10-19-15(18-2)14(13)17/h5-10H,4H2,1-3H3,(H,18,19). The minimum atomic E-state index is -0.637. The summed E-state index contributed by atoms with van der Waals surface area (Å²) in [5, 5.41) is 2.63. The molecule has 2 aromatic rings. The summed E-state index contributed by atoms with van der Waals surface area (Å²) < 4.78 is 14.1. The Kier molecular flexibility index (Phi) is 4.52. The van der Waals surface area contributed by atoms with Gasteiger partial charge in [-0.2, -0.15) is 0 Å². The zero-order valence-corrected chi connectivity index (χ0v) is 12.4. The Balaban J connectivity index is 2.30. The van der Waals surface area contributed by atoms with Crippen LogP contribution in [0.5, 0.6) is 0 Å². The van der Waals surface area contributed by atoms with Crippen LogP contribution in [-0.4, -0.2) is 25.0 Å². The van der Waals surface area contributed by atoms with Crippen molar-refractivity contribution in [3.8, 4) is 0 Å².